The van der Waals surface area contributed by atoms with Crippen molar-refractivity contribution >= 4 is 39.9 Å². The topological polar surface area (TPSA) is 35.2 Å². The molecule has 16 heavy (non-hydrogen) atoms. The number of para-hydroxylation sites is 1. The summed E-state index contributed by atoms with van der Waals surface area (Å²) in [4.78, 5) is 0. The normalized spacial score (nSPS) is 10.1. The van der Waals surface area contributed by atoms with Crippen LogP contribution in [0.1, 0.15) is 0 Å². The average molecular weight is 346 g/mol. The first kappa shape index (κ1) is 11.5. The van der Waals surface area contributed by atoms with Gasteiger partial charge in [-0.15, -0.1) is 0 Å². The van der Waals surface area contributed by atoms with Gasteiger partial charge < -0.3 is 10.5 Å². The van der Waals surface area contributed by atoms with Crippen LogP contribution in [0.25, 0.3) is 0 Å². The average Bonchev–Trinajstić information content (AvgIpc) is 2.27. The molecule has 0 aliphatic rings. The molecule has 0 unspecified atom stereocenters. The van der Waals surface area contributed by atoms with Crippen molar-refractivity contribution in [2.45, 2.75) is 0 Å². The van der Waals surface area contributed by atoms with Gasteiger partial charge in [-0.05, 0) is 46.9 Å². The molecular weight excluding hydrogens is 336 g/mol. The van der Waals surface area contributed by atoms with E-state index in [2.05, 4.69) is 22.6 Å². The number of rotatable bonds is 2. The standard InChI is InChI=1S/C12H9ClINO/c13-8-5-6-10(15)12(7-8)16-11-4-2-1-3-9(11)14/h1-7H,15H2. The molecule has 0 aliphatic heterocycles. The lowest BCUT2D eigenvalue weighted by atomic mass is 10.3. The fourth-order valence-electron chi connectivity index (χ4n) is 1.24. The van der Waals surface area contributed by atoms with Crippen LogP contribution in [0.5, 0.6) is 11.5 Å². The predicted octanol–water partition coefficient (Wildman–Crippen LogP) is 4.32. The van der Waals surface area contributed by atoms with Gasteiger partial charge in [-0.1, -0.05) is 23.7 Å². The number of benzene rings is 2. The zero-order chi connectivity index (χ0) is 11.5. The Kier molecular flexibility index (Phi) is 3.56. The molecule has 0 fully saturated rings. The summed E-state index contributed by atoms with van der Waals surface area (Å²) in [6.07, 6.45) is 0. The van der Waals surface area contributed by atoms with E-state index in [9.17, 15) is 0 Å². The maximum atomic E-state index is 5.89. The molecule has 2 aromatic rings. The number of halogens is 2. The second kappa shape index (κ2) is 4.93. The molecule has 2 nitrogen and oxygen atoms in total. The Labute approximate surface area is 113 Å². The molecule has 0 saturated heterocycles. The third kappa shape index (κ3) is 2.59. The molecule has 2 N–H and O–H groups in total. The fourth-order valence-corrected chi connectivity index (χ4v) is 1.90. The molecule has 0 amide bonds. The van der Waals surface area contributed by atoms with E-state index in [0.29, 0.717) is 16.5 Å². The van der Waals surface area contributed by atoms with Gasteiger partial charge in [-0.25, -0.2) is 0 Å². The van der Waals surface area contributed by atoms with E-state index in [-0.39, 0.29) is 0 Å². The van der Waals surface area contributed by atoms with Crippen molar-refractivity contribution in [2.24, 2.45) is 0 Å². The van der Waals surface area contributed by atoms with Crippen LogP contribution in [0.2, 0.25) is 5.02 Å². The van der Waals surface area contributed by atoms with Crippen molar-refractivity contribution in [3.8, 4) is 11.5 Å². The number of nitrogens with two attached hydrogens (primary N) is 1. The summed E-state index contributed by atoms with van der Waals surface area (Å²) < 4.78 is 6.73. The lowest BCUT2D eigenvalue weighted by Crippen LogP contribution is -1.93. The minimum atomic E-state index is 0.573. The Bertz CT molecular complexity index is 516. The van der Waals surface area contributed by atoms with E-state index in [0.717, 1.165) is 9.32 Å². The summed E-state index contributed by atoms with van der Waals surface area (Å²) in [5, 5.41) is 0.607. The zero-order valence-electron chi connectivity index (χ0n) is 8.28. The van der Waals surface area contributed by atoms with Gasteiger partial charge in [0, 0.05) is 11.1 Å². The predicted molar refractivity (Wildman–Crippen MR) is 75.1 cm³/mol. The van der Waals surface area contributed by atoms with E-state index in [1.54, 1.807) is 18.2 Å². The maximum Gasteiger partial charge on any atom is 0.151 e. The first-order valence-corrected chi connectivity index (χ1v) is 6.10. The van der Waals surface area contributed by atoms with E-state index in [1.165, 1.54) is 0 Å². The largest absolute Gasteiger partial charge is 0.454 e. The second-order valence-electron chi connectivity index (χ2n) is 3.21. The number of hydrogen-bond donors (Lipinski definition) is 1. The van der Waals surface area contributed by atoms with Crippen molar-refractivity contribution in [3.05, 3.63) is 51.1 Å². The van der Waals surface area contributed by atoms with Gasteiger partial charge in [0.15, 0.2) is 5.75 Å². The Hall–Kier alpha value is -0.940. The lowest BCUT2D eigenvalue weighted by Gasteiger charge is -2.09. The summed E-state index contributed by atoms with van der Waals surface area (Å²) in [6.45, 7) is 0. The highest BCUT2D eigenvalue weighted by Crippen LogP contribution is 2.32. The van der Waals surface area contributed by atoms with Crippen molar-refractivity contribution in [1.82, 2.24) is 0 Å². The Balaban J connectivity index is 2.34. The summed E-state index contributed by atoms with van der Waals surface area (Å²) in [5.74, 6) is 1.36. The highest BCUT2D eigenvalue weighted by atomic mass is 127. The lowest BCUT2D eigenvalue weighted by molar-refractivity contribution is 0.481. The van der Waals surface area contributed by atoms with Gasteiger partial charge in [-0.2, -0.15) is 0 Å². The fraction of sp³-hybridized carbons (Fsp3) is 0. The van der Waals surface area contributed by atoms with Gasteiger partial charge in [0.25, 0.3) is 0 Å². The molecule has 0 radical (unpaired) electrons. The highest BCUT2D eigenvalue weighted by Gasteiger charge is 2.05. The minimum Gasteiger partial charge on any atom is -0.454 e. The van der Waals surface area contributed by atoms with Crippen molar-refractivity contribution in [3.63, 3.8) is 0 Å². The summed E-state index contributed by atoms with van der Waals surface area (Å²) in [5.41, 5.74) is 6.37. The zero-order valence-corrected chi connectivity index (χ0v) is 11.2. The van der Waals surface area contributed by atoms with E-state index < -0.39 is 0 Å². The van der Waals surface area contributed by atoms with Crippen LogP contribution < -0.4 is 10.5 Å². The first-order valence-electron chi connectivity index (χ1n) is 4.64. The number of ether oxygens (including phenoxy) is 1. The van der Waals surface area contributed by atoms with Crippen molar-refractivity contribution in [1.29, 1.82) is 0 Å². The molecule has 4 heteroatoms. The number of hydrogen-bond acceptors (Lipinski definition) is 2. The van der Waals surface area contributed by atoms with E-state index in [4.69, 9.17) is 22.1 Å². The Morgan fingerprint density at radius 3 is 2.56 bits per heavy atom. The van der Waals surface area contributed by atoms with E-state index in [1.807, 2.05) is 24.3 Å². The highest BCUT2D eigenvalue weighted by molar-refractivity contribution is 14.1. The van der Waals surface area contributed by atoms with Gasteiger partial charge in [0.05, 0.1) is 9.26 Å². The molecule has 82 valence electrons. The summed E-state index contributed by atoms with van der Waals surface area (Å²) in [7, 11) is 0. The molecule has 0 heterocycles. The molecular formula is C12H9ClINO. The summed E-state index contributed by atoms with van der Waals surface area (Å²) in [6, 6.07) is 12.9. The smallest absolute Gasteiger partial charge is 0.151 e. The molecule has 0 saturated carbocycles. The maximum absolute atomic E-state index is 5.89. The van der Waals surface area contributed by atoms with Crippen LogP contribution in [0.4, 0.5) is 5.69 Å². The number of anilines is 1. The molecule has 0 aromatic heterocycles. The molecule has 0 bridgehead atoms. The SMILES string of the molecule is Nc1ccc(Cl)cc1Oc1ccccc1I. The Morgan fingerprint density at radius 1 is 1.06 bits per heavy atom. The van der Waals surface area contributed by atoms with Gasteiger partial charge >= 0.3 is 0 Å². The first-order chi connectivity index (χ1) is 7.66. The van der Waals surface area contributed by atoms with Crippen LogP contribution in [-0.2, 0) is 0 Å². The summed E-state index contributed by atoms with van der Waals surface area (Å²) >= 11 is 8.09. The van der Waals surface area contributed by atoms with Crippen LogP contribution >= 0.6 is 34.2 Å². The Morgan fingerprint density at radius 2 is 1.81 bits per heavy atom. The quantitative estimate of drug-likeness (QED) is 0.650. The molecule has 0 atom stereocenters. The molecule has 2 aromatic carbocycles. The van der Waals surface area contributed by atoms with E-state index >= 15 is 0 Å². The van der Waals surface area contributed by atoms with Crippen LogP contribution in [0, 0.1) is 3.57 Å². The van der Waals surface area contributed by atoms with Crippen molar-refractivity contribution in [2.75, 3.05) is 5.73 Å². The third-order valence-corrected chi connectivity index (χ3v) is 3.16. The van der Waals surface area contributed by atoms with Gasteiger partial charge in [0.2, 0.25) is 0 Å². The van der Waals surface area contributed by atoms with Crippen molar-refractivity contribution < 1.29 is 4.74 Å². The number of nitrogen functional groups attached to an aromatic ring is 1. The molecule has 0 aliphatic carbocycles. The molecule has 2 rings (SSSR count). The third-order valence-electron chi connectivity index (χ3n) is 2.03. The van der Waals surface area contributed by atoms with Crippen LogP contribution in [-0.4, -0.2) is 0 Å². The molecule has 0 spiro atoms. The van der Waals surface area contributed by atoms with Gasteiger partial charge in [-0.3, -0.25) is 0 Å². The van der Waals surface area contributed by atoms with Crippen LogP contribution in [0.15, 0.2) is 42.5 Å². The second-order valence-corrected chi connectivity index (χ2v) is 4.81. The monoisotopic (exact) mass is 345 g/mol. The van der Waals surface area contributed by atoms with Gasteiger partial charge in [0.1, 0.15) is 5.75 Å². The minimum absolute atomic E-state index is 0.573. The van der Waals surface area contributed by atoms with Crippen LogP contribution in [0.3, 0.4) is 0 Å².